The smallest absolute Gasteiger partial charge is 0.161 e. The highest BCUT2D eigenvalue weighted by Gasteiger charge is 2.19. The van der Waals surface area contributed by atoms with Gasteiger partial charge in [0, 0.05) is 26.7 Å². The SMILES string of the molecule is COC(OC)C(CN)Cc1ccccc1. The number of methoxy groups -OCH3 is 2. The molecule has 3 heteroatoms. The summed E-state index contributed by atoms with van der Waals surface area (Å²) in [7, 11) is 3.28. The van der Waals surface area contributed by atoms with Gasteiger partial charge in [-0.25, -0.2) is 0 Å². The zero-order valence-electron chi connectivity index (χ0n) is 9.35. The molecule has 0 saturated heterocycles. The molecule has 0 heterocycles. The van der Waals surface area contributed by atoms with Crippen molar-refractivity contribution >= 4 is 0 Å². The molecule has 0 amide bonds. The normalized spacial score (nSPS) is 13.1. The summed E-state index contributed by atoms with van der Waals surface area (Å²) in [6, 6.07) is 10.2. The Hall–Kier alpha value is -0.900. The van der Waals surface area contributed by atoms with E-state index in [0.717, 1.165) is 6.42 Å². The quantitative estimate of drug-likeness (QED) is 0.721. The van der Waals surface area contributed by atoms with E-state index < -0.39 is 0 Å². The van der Waals surface area contributed by atoms with Crippen LogP contribution in [-0.4, -0.2) is 27.1 Å². The van der Waals surface area contributed by atoms with Crippen LogP contribution in [0.2, 0.25) is 0 Å². The highest BCUT2D eigenvalue weighted by Crippen LogP contribution is 2.14. The van der Waals surface area contributed by atoms with E-state index in [9.17, 15) is 0 Å². The van der Waals surface area contributed by atoms with Crippen LogP contribution in [0.4, 0.5) is 0 Å². The number of benzene rings is 1. The van der Waals surface area contributed by atoms with Gasteiger partial charge in [0.25, 0.3) is 0 Å². The molecular formula is C12H19NO2. The van der Waals surface area contributed by atoms with Crippen molar-refractivity contribution in [2.45, 2.75) is 12.7 Å². The first-order valence-corrected chi connectivity index (χ1v) is 5.11. The van der Waals surface area contributed by atoms with Crippen LogP contribution in [-0.2, 0) is 15.9 Å². The maximum atomic E-state index is 5.71. The number of hydrogen-bond donors (Lipinski definition) is 1. The summed E-state index contributed by atoms with van der Waals surface area (Å²) in [5, 5.41) is 0. The molecule has 0 bridgehead atoms. The molecule has 3 nitrogen and oxygen atoms in total. The first kappa shape index (κ1) is 12.2. The maximum absolute atomic E-state index is 5.71. The van der Waals surface area contributed by atoms with Gasteiger partial charge in [-0.2, -0.15) is 0 Å². The molecule has 0 aliphatic heterocycles. The van der Waals surface area contributed by atoms with Crippen LogP contribution in [0, 0.1) is 5.92 Å². The van der Waals surface area contributed by atoms with Gasteiger partial charge in [0.1, 0.15) is 0 Å². The highest BCUT2D eigenvalue weighted by atomic mass is 16.7. The van der Waals surface area contributed by atoms with Gasteiger partial charge in [0.05, 0.1) is 0 Å². The van der Waals surface area contributed by atoms with Crippen molar-refractivity contribution in [1.29, 1.82) is 0 Å². The lowest BCUT2D eigenvalue weighted by Crippen LogP contribution is -2.32. The van der Waals surface area contributed by atoms with Crippen LogP contribution in [0.5, 0.6) is 0 Å². The van der Waals surface area contributed by atoms with E-state index in [-0.39, 0.29) is 12.2 Å². The van der Waals surface area contributed by atoms with Gasteiger partial charge in [0.15, 0.2) is 6.29 Å². The number of hydrogen-bond acceptors (Lipinski definition) is 3. The molecule has 0 spiro atoms. The van der Waals surface area contributed by atoms with Gasteiger partial charge in [-0.3, -0.25) is 0 Å². The second-order valence-corrected chi connectivity index (χ2v) is 3.53. The molecule has 2 N–H and O–H groups in total. The predicted molar refractivity (Wildman–Crippen MR) is 60.5 cm³/mol. The van der Waals surface area contributed by atoms with E-state index in [0.29, 0.717) is 6.54 Å². The maximum Gasteiger partial charge on any atom is 0.161 e. The van der Waals surface area contributed by atoms with Crippen molar-refractivity contribution in [3.05, 3.63) is 35.9 Å². The molecule has 84 valence electrons. The molecule has 0 aromatic heterocycles. The molecule has 0 aliphatic carbocycles. The lowest BCUT2D eigenvalue weighted by atomic mass is 9.99. The monoisotopic (exact) mass is 209 g/mol. The number of rotatable bonds is 6. The summed E-state index contributed by atoms with van der Waals surface area (Å²) < 4.78 is 10.4. The summed E-state index contributed by atoms with van der Waals surface area (Å²) >= 11 is 0. The van der Waals surface area contributed by atoms with Crippen LogP contribution in [0.25, 0.3) is 0 Å². The molecule has 1 unspecified atom stereocenters. The molecule has 0 radical (unpaired) electrons. The zero-order valence-corrected chi connectivity index (χ0v) is 9.35. The summed E-state index contributed by atoms with van der Waals surface area (Å²) in [5.74, 6) is 0.197. The lowest BCUT2D eigenvalue weighted by molar-refractivity contribution is -0.134. The Bertz CT molecular complexity index is 260. The van der Waals surface area contributed by atoms with Gasteiger partial charge < -0.3 is 15.2 Å². The van der Waals surface area contributed by atoms with Crippen LogP contribution in [0.3, 0.4) is 0 Å². The third-order valence-electron chi connectivity index (χ3n) is 2.49. The predicted octanol–water partition coefficient (Wildman–Crippen LogP) is 1.42. The summed E-state index contributed by atoms with van der Waals surface area (Å²) in [4.78, 5) is 0. The van der Waals surface area contributed by atoms with Crippen molar-refractivity contribution in [3.8, 4) is 0 Å². The fourth-order valence-electron chi connectivity index (χ4n) is 1.69. The minimum absolute atomic E-state index is 0.197. The standard InChI is InChI=1S/C12H19NO2/c1-14-12(15-2)11(9-13)8-10-6-4-3-5-7-10/h3-7,11-12H,8-9,13H2,1-2H3. The zero-order chi connectivity index (χ0) is 11.1. The molecule has 0 fully saturated rings. The van der Waals surface area contributed by atoms with Gasteiger partial charge in [-0.1, -0.05) is 30.3 Å². The summed E-state index contributed by atoms with van der Waals surface area (Å²) in [5.41, 5.74) is 6.97. The summed E-state index contributed by atoms with van der Waals surface area (Å²) in [6.07, 6.45) is 0.652. The molecule has 1 rings (SSSR count). The van der Waals surface area contributed by atoms with Crippen molar-refractivity contribution in [2.75, 3.05) is 20.8 Å². The fourth-order valence-corrected chi connectivity index (χ4v) is 1.69. The van der Waals surface area contributed by atoms with Gasteiger partial charge >= 0.3 is 0 Å². The Morgan fingerprint density at radius 1 is 1.13 bits per heavy atom. The van der Waals surface area contributed by atoms with Gasteiger partial charge in [0.2, 0.25) is 0 Å². The molecule has 15 heavy (non-hydrogen) atoms. The van der Waals surface area contributed by atoms with Crippen molar-refractivity contribution in [3.63, 3.8) is 0 Å². The third-order valence-corrected chi connectivity index (χ3v) is 2.49. The molecule has 1 atom stereocenters. The van der Waals surface area contributed by atoms with E-state index in [1.165, 1.54) is 5.56 Å². The van der Waals surface area contributed by atoms with E-state index in [1.807, 2.05) is 18.2 Å². The molecule has 0 aliphatic rings. The van der Waals surface area contributed by atoms with Crippen molar-refractivity contribution < 1.29 is 9.47 Å². The Kier molecular flexibility index (Phi) is 5.32. The Morgan fingerprint density at radius 2 is 1.73 bits per heavy atom. The lowest BCUT2D eigenvalue weighted by Gasteiger charge is -2.23. The Labute approximate surface area is 91.2 Å². The fraction of sp³-hybridized carbons (Fsp3) is 0.500. The number of ether oxygens (including phenoxy) is 2. The van der Waals surface area contributed by atoms with Gasteiger partial charge in [-0.15, -0.1) is 0 Å². The molecule has 1 aromatic rings. The highest BCUT2D eigenvalue weighted by molar-refractivity contribution is 5.15. The Morgan fingerprint density at radius 3 is 2.20 bits per heavy atom. The van der Waals surface area contributed by atoms with Crippen LogP contribution in [0.1, 0.15) is 5.56 Å². The van der Waals surface area contributed by atoms with Crippen molar-refractivity contribution in [2.24, 2.45) is 11.7 Å². The van der Waals surface area contributed by atoms with E-state index in [2.05, 4.69) is 12.1 Å². The van der Waals surface area contributed by atoms with Gasteiger partial charge in [-0.05, 0) is 12.0 Å². The second kappa shape index (κ2) is 6.56. The molecule has 1 aromatic carbocycles. The largest absolute Gasteiger partial charge is 0.356 e. The van der Waals surface area contributed by atoms with E-state index in [1.54, 1.807) is 14.2 Å². The molecular weight excluding hydrogens is 190 g/mol. The average molecular weight is 209 g/mol. The average Bonchev–Trinajstić information content (AvgIpc) is 2.30. The van der Waals surface area contributed by atoms with E-state index in [4.69, 9.17) is 15.2 Å². The minimum atomic E-state index is -0.227. The van der Waals surface area contributed by atoms with E-state index >= 15 is 0 Å². The first-order chi connectivity index (χ1) is 7.31. The van der Waals surface area contributed by atoms with Crippen LogP contribution >= 0.6 is 0 Å². The number of nitrogens with two attached hydrogens (primary N) is 1. The van der Waals surface area contributed by atoms with Crippen molar-refractivity contribution in [1.82, 2.24) is 0 Å². The first-order valence-electron chi connectivity index (χ1n) is 5.11. The summed E-state index contributed by atoms with van der Waals surface area (Å²) in [6.45, 7) is 0.557. The second-order valence-electron chi connectivity index (χ2n) is 3.53. The third kappa shape index (κ3) is 3.63. The van der Waals surface area contributed by atoms with Crippen LogP contribution < -0.4 is 5.73 Å². The topological polar surface area (TPSA) is 44.5 Å². The molecule has 0 saturated carbocycles. The Balaban J connectivity index is 2.61. The minimum Gasteiger partial charge on any atom is -0.356 e. The van der Waals surface area contributed by atoms with Crippen LogP contribution in [0.15, 0.2) is 30.3 Å².